The Balaban J connectivity index is 3.30. The minimum atomic E-state index is 0.417. The molecule has 0 spiro atoms. The van der Waals surface area contributed by atoms with E-state index in [1.165, 1.54) is 12.8 Å². The normalized spacial score (nSPS) is 10.8. The van der Waals surface area contributed by atoms with Crippen LogP contribution >= 0.6 is 0 Å². The molecular formula is C8H19NO. The molecule has 1 N–H and O–H groups in total. The molecule has 0 aliphatic carbocycles. The molecule has 0 aliphatic rings. The van der Waals surface area contributed by atoms with E-state index in [4.69, 9.17) is 4.84 Å². The number of rotatable bonds is 6. The zero-order valence-corrected chi connectivity index (χ0v) is 7.31. The van der Waals surface area contributed by atoms with Crippen molar-refractivity contribution in [2.45, 2.75) is 45.6 Å². The van der Waals surface area contributed by atoms with Crippen molar-refractivity contribution in [1.82, 2.24) is 5.48 Å². The van der Waals surface area contributed by atoms with Gasteiger partial charge in [-0.2, -0.15) is 0 Å². The Hall–Kier alpha value is -0.0800. The van der Waals surface area contributed by atoms with Gasteiger partial charge in [-0.1, -0.05) is 26.7 Å². The average Bonchev–Trinajstić information content (AvgIpc) is 1.90. The van der Waals surface area contributed by atoms with Crippen molar-refractivity contribution in [3.63, 3.8) is 0 Å². The van der Waals surface area contributed by atoms with E-state index in [9.17, 15) is 0 Å². The first-order valence-electron chi connectivity index (χ1n) is 4.17. The summed E-state index contributed by atoms with van der Waals surface area (Å²) in [7, 11) is 1.82. The van der Waals surface area contributed by atoms with Gasteiger partial charge in [0.25, 0.3) is 0 Å². The van der Waals surface area contributed by atoms with Gasteiger partial charge in [-0.25, -0.2) is 5.48 Å². The van der Waals surface area contributed by atoms with E-state index in [2.05, 4.69) is 19.3 Å². The molecule has 0 aliphatic heterocycles. The summed E-state index contributed by atoms with van der Waals surface area (Å²) in [6, 6.07) is 0. The molecule has 10 heavy (non-hydrogen) atoms. The molecular weight excluding hydrogens is 126 g/mol. The highest BCUT2D eigenvalue weighted by atomic mass is 16.7. The van der Waals surface area contributed by atoms with Gasteiger partial charge >= 0.3 is 0 Å². The van der Waals surface area contributed by atoms with Crippen LogP contribution in [0.4, 0.5) is 0 Å². The molecule has 0 saturated heterocycles. The van der Waals surface area contributed by atoms with E-state index in [0.717, 1.165) is 12.8 Å². The Labute approximate surface area is 63.9 Å². The minimum absolute atomic E-state index is 0.417. The second kappa shape index (κ2) is 7.03. The predicted molar refractivity (Wildman–Crippen MR) is 43.7 cm³/mol. The van der Waals surface area contributed by atoms with Gasteiger partial charge in [0.05, 0.1) is 6.10 Å². The zero-order chi connectivity index (χ0) is 7.82. The van der Waals surface area contributed by atoms with Crippen LogP contribution in [0.25, 0.3) is 0 Å². The number of hydroxylamine groups is 1. The van der Waals surface area contributed by atoms with Gasteiger partial charge < -0.3 is 0 Å². The predicted octanol–water partition coefficient (Wildman–Crippen LogP) is 2.11. The van der Waals surface area contributed by atoms with Gasteiger partial charge in [-0.05, 0) is 12.8 Å². The van der Waals surface area contributed by atoms with E-state index in [1.54, 1.807) is 0 Å². The third-order valence-electron chi connectivity index (χ3n) is 1.51. The van der Waals surface area contributed by atoms with Crippen molar-refractivity contribution in [2.75, 3.05) is 7.05 Å². The van der Waals surface area contributed by atoms with Crippen LogP contribution in [0, 0.1) is 0 Å². The van der Waals surface area contributed by atoms with Crippen LogP contribution < -0.4 is 5.48 Å². The molecule has 0 unspecified atom stereocenters. The first-order valence-corrected chi connectivity index (χ1v) is 4.17. The third-order valence-corrected chi connectivity index (χ3v) is 1.51. The van der Waals surface area contributed by atoms with Gasteiger partial charge in [0, 0.05) is 7.05 Å². The molecule has 0 aromatic carbocycles. The van der Waals surface area contributed by atoms with Crippen molar-refractivity contribution >= 4 is 0 Å². The fourth-order valence-corrected chi connectivity index (χ4v) is 1.07. The van der Waals surface area contributed by atoms with Crippen molar-refractivity contribution in [3.05, 3.63) is 0 Å². The van der Waals surface area contributed by atoms with E-state index >= 15 is 0 Å². The largest absolute Gasteiger partial charge is 0.299 e. The van der Waals surface area contributed by atoms with Crippen LogP contribution in [0.2, 0.25) is 0 Å². The summed E-state index contributed by atoms with van der Waals surface area (Å²) in [5.41, 5.74) is 2.74. The molecule has 62 valence electrons. The lowest BCUT2D eigenvalue weighted by molar-refractivity contribution is -0.0211. The van der Waals surface area contributed by atoms with Crippen molar-refractivity contribution in [1.29, 1.82) is 0 Å². The summed E-state index contributed by atoms with van der Waals surface area (Å²) >= 11 is 0. The Morgan fingerprint density at radius 1 is 1.20 bits per heavy atom. The highest BCUT2D eigenvalue weighted by Crippen LogP contribution is 2.06. The highest BCUT2D eigenvalue weighted by Gasteiger charge is 2.04. The molecule has 2 nitrogen and oxygen atoms in total. The molecule has 0 aromatic heterocycles. The van der Waals surface area contributed by atoms with Crippen LogP contribution in [0.3, 0.4) is 0 Å². The Kier molecular flexibility index (Phi) is 6.98. The maximum atomic E-state index is 5.27. The van der Waals surface area contributed by atoms with Gasteiger partial charge in [-0.3, -0.25) is 4.84 Å². The van der Waals surface area contributed by atoms with E-state index < -0.39 is 0 Å². The standard InChI is InChI=1S/C8H19NO/c1-4-6-8(7-5-2)10-9-3/h8-9H,4-7H2,1-3H3. The van der Waals surface area contributed by atoms with Crippen molar-refractivity contribution in [2.24, 2.45) is 0 Å². The highest BCUT2D eigenvalue weighted by molar-refractivity contribution is 4.54. The van der Waals surface area contributed by atoms with Gasteiger partial charge in [0.2, 0.25) is 0 Å². The number of hydrogen-bond donors (Lipinski definition) is 1. The fourth-order valence-electron chi connectivity index (χ4n) is 1.07. The maximum absolute atomic E-state index is 5.27. The molecule has 0 aromatic rings. The lowest BCUT2D eigenvalue weighted by atomic mass is 10.1. The summed E-state index contributed by atoms with van der Waals surface area (Å²) in [5, 5.41) is 0. The number of hydrogen-bond acceptors (Lipinski definition) is 2. The summed E-state index contributed by atoms with van der Waals surface area (Å²) in [5.74, 6) is 0. The molecule has 2 heteroatoms. The smallest absolute Gasteiger partial charge is 0.0790 e. The molecule has 0 saturated carbocycles. The summed E-state index contributed by atoms with van der Waals surface area (Å²) in [4.78, 5) is 5.27. The van der Waals surface area contributed by atoms with Crippen LogP contribution in [-0.2, 0) is 4.84 Å². The third kappa shape index (κ3) is 4.77. The van der Waals surface area contributed by atoms with Crippen LogP contribution in [0.5, 0.6) is 0 Å². The second-order valence-corrected chi connectivity index (χ2v) is 2.52. The van der Waals surface area contributed by atoms with Gasteiger partial charge in [0.1, 0.15) is 0 Å². The van der Waals surface area contributed by atoms with Crippen molar-refractivity contribution in [3.8, 4) is 0 Å². The molecule has 0 amide bonds. The van der Waals surface area contributed by atoms with Gasteiger partial charge in [-0.15, -0.1) is 0 Å². The second-order valence-electron chi connectivity index (χ2n) is 2.52. The van der Waals surface area contributed by atoms with Gasteiger partial charge in [0.15, 0.2) is 0 Å². The van der Waals surface area contributed by atoms with E-state index in [-0.39, 0.29) is 0 Å². The Morgan fingerprint density at radius 2 is 1.70 bits per heavy atom. The lowest BCUT2D eigenvalue weighted by Gasteiger charge is -2.13. The van der Waals surface area contributed by atoms with Crippen LogP contribution in [0.15, 0.2) is 0 Å². The van der Waals surface area contributed by atoms with E-state index in [0.29, 0.717) is 6.10 Å². The molecule has 0 fully saturated rings. The van der Waals surface area contributed by atoms with E-state index in [1.807, 2.05) is 7.05 Å². The fraction of sp³-hybridized carbons (Fsp3) is 1.00. The molecule has 0 rings (SSSR count). The van der Waals surface area contributed by atoms with Crippen molar-refractivity contribution < 1.29 is 4.84 Å². The topological polar surface area (TPSA) is 21.3 Å². The first-order chi connectivity index (χ1) is 4.85. The number of nitrogens with one attached hydrogen (secondary N) is 1. The average molecular weight is 145 g/mol. The maximum Gasteiger partial charge on any atom is 0.0790 e. The zero-order valence-electron chi connectivity index (χ0n) is 7.31. The first kappa shape index (κ1) is 9.92. The molecule has 0 heterocycles. The monoisotopic (exact) mass is 145 g/mol. The summed E-state index contributed by atoms with van der Waals surface area (Å²) < 4.78 is 0. The summed E-state index contributed by atoms with van der Waals surface area (Å²) in [6.07, 6.45) is 5.14. The molecule has 0 radical (unpaired) electrons. The minimum Gasteiger partial charge on any atom is -0.299 e. The van der Waals surface area contributed by atoms with Crippen LogP contribution in [-0.4, -0.2) is 13.2 Å². The summed E-state index contributed by atoms with van der Waals surface area (Å²) in [6.45, 7) is 4.36. The quantitative estimate of drug-likeness (QED) is 0.578. The van der Waals surface area contributed by atoms with Crippen LogP contribution in [0.1, 0.15) is 39.5 Å². The SMILES string of the molecule is CCCC(CCC)ONC. The lowest BCUT2D eigenvalue weighted by Crippen LogP contribution is -2.20. The molecule has 0 atom stereocenters. The molecule has 0 bridgehead atoms. The Bertz CT molecular complexity index is 52.0. The Morgan fingerprint density at radius 3 is 2.00 bits per heavy atom.